The number of hydrogen-bond acceptors (Lipinski definition) is 6. The van der Waals surface area contributed by atoms with Crippen LogP contribution in [0.1, 0.15) is 135 Å². The van der Waals surface area contributed by atoms with Gasteiger partial charge in [-0.3, -0.25) is 4.57 Å². The lowest BCUT2D eigenvalue weighted by Crippen LogP contribution is -2.35. The average molecular weight is 640 g/mol. The number of unbranched alkanes of at least 4 members (excludes halogenated alkanes) is 15. The fraction of sp³-hybridized carbons (Fsp3) is 0.806. The minimum atomic E-state index is -4.44. The van der Waals surface area contributed by atoms with Crippen molar-refractivity contribution in [3.05, 3.63) is 29.8 Å². The lowest BCUT2D eigenvalue weighted by molar-refractivity contribution is -0.870. The highest BCUT2D eigenvalue weighted by Crippen LogP contribution is 2.39. The van der Waals surface area contributed by atoms with E-state index >= 15 is 0 Å². The number of phosphoric acid groups is 1. The smallest absolute Gasteiger partial charge is 0.267 e. The minimum Gasteiger partial charge on any atom is -0.756 e. The van der Waals surface area contributed by atoms with Crippen LogP contribution in [-0.4, -0.2) is 57.8 Å². The second kappa shape index (κ2) is 24.9. The van der Waals surface area contributed by atoms with E-state index in [0.717, 1.165) is 35.2 Å². The third kappa shape index (κ3) is 24.1. The number of benzene rings is 1. The van der Waals surface area contributed by atoms with Gasteiger partial charge in [-0.05, 0) is 37.3 Å². The zero-order valence-corrected chi connectivity index (χ0v) is 29.9. The molecule has 2 atom stereocenters. The maximum atomic E-state index is 12.3. The second-order valence-electron chi connectivity index (χ2n) is 13.7. The predicted molar refractivity (Wildman–Crippen MR) is 181 cm³/mol. The number of ether oxygens (including phenoxy) is 1. The van der Waals surface area contributed by atoms with Gasteiger partial charge >= 0.3 is 0 Å². The van der Waals surface area contributed by atoms with Crippen molar-refractivity contribution < 1.29 is 32.5 Å². The zero-order chi connectivity index (χ0) is 32.5. The third-order valence-corrected chi connectivity index (χ3v) is 8.97. The van der Waals surface area contributed by atoms with Crippen LogP contribution in [-0.2, 0) is 24.8 Å². The van der Waals surface area contributed by atoms with Gasteiger partial charge in [0.05, 0.1) is 47.5 Å². The SMILES string of the molecule is CCCCCCCCCCCCCCCCCCOc1ccccc1CC(COP(=O)([O-])OCCC[N+](C)(C)C)CC(C)=O. The molecule has 0 aliphatic carbocycles. The topological polar surface area (TPSA) is 84.9 Å². The highest BCUT2D eigenvalue weighted by molar-refractivity contribution is 7.45. The summed E-state index contributed by atoms with van der Waals surface area (Å²) in [5, 5.41) is 0. The maximum Gasteiger partial charge on any atom is 0.267 e. The van der Waals surface area contributed by atoms with E-state index in [9.17, 15) is 14.3 Å². The maximum absolute atomic E-state index is 12.3. The molecule has 0 bridgehead atoms. The number of nitrogens with zero attached hydrogens (tertiary/aromatic N) is 1. The molecule has 0 aliphatic rings. The summed E-state index contributed by atoms with van der Waals surface area (Å²) in [5.74, 6) is 0.503. The Morgan fingerprint density at radius 2 is 1.30 bits per heavy atom. The molecule has 0 saturated carbocycles. The summed E-state index contributed by atoms with van der Waals surface area (Å²) < 4.78 is 29.4. The Morgan fingerprint density at radius 1 is 0.773 bits per heavy atom. The third-order valence-electron chi connectivity index (χ3n) is 8.00. The molecule has 8 heteroatoms. The molecule has 1 aromatic carbocycles. The molecule has 0 amide bonds. The Kier molecular flexibility index (Phi) is 23.1. The Morgan fingerprint density at radius 3 is 1.82 bits per heavy atom. The van der Waals surface area contributed by atoms with Gasteiger partial charge in [0.15, 0.2) is 0 Å². The summed E-state index contributed by atoms with van der Waals surface area (Å²) in [5.41, 5.74) is 0.962. The highest BCUT2D eigenvalue weighted by Gasteiger charge is 2.19. The summed E-state index contributed by atoms with van der Waals surface area (Å²) in [4.78, 5) is 24.3. The fourth-order valence-electron chi connectivity index (χ4n) is 5.50. The van der Waals surface area contributed by atoms with Gasteiger partial charge in [-0.15, -0.1) is 0 Å². The number of carbonyl (C=O) groups is 1. The molecule has 1 rings (SSSR count). The number of phosphoric ester groups is 1. The number of hydrogen-bond donors (Lipinski definition) is 0. The number of ketones is 1. The summed E-state index contributed by atoms with van der Waals surface area (Å²) in [6.45, 7) is 5.24. The molecule has 0 radical (unpaired) electrons. The van der Waals surface area contributed by atoms with Gasteiger partial charge in [0, 0.05) is 12.8 Å². The monoisotopic (exact) mass is 639 g/mol. The summed E-state index contributed by atoms with van der Waals surface area (Å²) in [6.07, 6.45) is 22.7. The molecule has 0 aliphatic heterocycles. The Hall–Kier alpha value is -1.24. The van der Waals surface area contributed by atoms with E-state index in [1.54, 1.807) is 0 Å². The summed E-state index contributed by atoms with van der Waals surface area (Å²) in [6, 6.07) is 7.81. The van der Waals surface area contributed by atoms with Crippen LogP contribution in [0.25, 0.3) is 0 Å². The number of quaternary nitrogens is 1. The van der Waals surface area contributed by atoms with Crippen LogP contribution in [0, 0.1) is 5.92 Å². The van der Waals surface area contributed by atoms with E-state index in [4.69, 9.17) is 13.8 Å². The molecule has 44 heavy (non-hydrogen) atoms. The first-order valence-electron chi connectivity index (χ1n) is 17.6. The molecule has 0 aromatic heterocycles. The van der Waals surface area contributed by atoms with Crippen molar-refractivity contribution in [3.63, 3.8) is 0 Å². The molecule has 2 unspecified atom stereocenters. The molecular formula is C36H66NO6P. The summed E-state index contributed by atoms with van der Waals surface area (Å²) in [7, 11) is 1.70. The van der Waals surface area contributed by atoms with Crippen LogP contribution in [0.2, 0.25) is 0 Å². The molecule has 256 valence electrons. The van der Waals surface area contributed by atoms with Crippen molar-refractivity contribution in [2.75, 3.05) is 47.5 Å². The van der Waals surface area contributed by atoms with Gasteiger partial charge in [-0.2, -0.15) is 0 Å². The van der Waals surface area contributed by atoms with E-state index in [1.807, 2.05) is 45.4 Å². The molecule has 0 heterocycles. The van der Waals surface area contributed by atoms with E-state index in [1.165, 1.54) is 96.8 Å². The number of rotatable bonds is 30. The lowest BCUT2D eigenvalue weighted by atomic mass is 9.95. The van der Waals surface area contributed by atoms with Crippen LogP contribution in [0.4, 0.5) is 0 Å². The van der Waals surface area contributed by atoms with Gasteiger partial charge in [0.25, 0.3) is 7.82 Å². The standard InChI is InChI=1S/C36H66NO6P/c1-6-7-8-9-10-11-12-13-14-15-16-17-18-19-20-23-28-41-36-26-22-21-25-35(36)31-34(30-33(2)38)32-43-44(39,40)42-29-24-27-37(3,4)5/h21-22,25-26,34H,6-20,23-24,27-32H2,1-5H3. The molecule has 7 nitrogen and oxygen atoms in total. The molecule has 0 spiro atoms. The zero-order valence-electron chi connectivity index (χ0n) is 29.0. The molecule has 0 saturated heterocycles. The van der Waals surface area contributed by atoms with Crippen molar-refractivity contribution in [2.24, 2.45) is 5.92 Å². The van der Waals surface area contributed by atoms with E-state index in [-0.39, 0.29) is 31.3 Å². The molecule has 0 fully saturated rings. The Labute approximate surface area is 270 Å². The lowest BCUT2D eigenvalue weighted by Gasteiger charge is -2.27. The van der Waals surface area contributed by atoms with Crippen LogP contribution >= 0.6 is 7.82 Å². The van der Waals surface area contributed by atoms with Gasteiger partial charge in [0.1, 0.15) is 11.5 Å². The van der Waals surface area contributed by atoms with Crippen molar-refractivity contribution in [1.29, 1.82) is 0 Å². The van der Waals surface area contributed by atoms with Crippen molar-refractivity contribution in [1.82, 2.24) is 0 Å². The van der Waals surface area contributed by atoms with Gasteiger partial charge in [-0.1, -0.05) is 121 Å². The van der Waals surface area contributed by atoms with Gasteiger partial charge in [-0.25, -0.2) is 0 Å². The second-order valence-corrected chi connectivity index (χ2v) is 15.1. The van der Waals surface area contributed by atoms with E-state index < -0.39 is 7.82 Å². The van der Waals surface area contributed by atoms with E-state index in [0.29, 0.717) is 19.4 Å². The first-order chi connectivity index (χ1) is 21.0. The van der Waals surface area contributed by atoms with Crippen molar-refractivity contribution in [3.8, 4) is 5.75 Å². The first kappa shape index (κ1) is 40.8. The number of Topliss-reactive ketones (excluding diaryl/α,β-unsaturated/α-hetero) is 1. The molecular weight excluding hydrogens is 573 g/mol. The fourth-order valence-corrected chi connectivity index (χ4v) is 6.32. The van der Waals surface area contributed by atoms with Crippen LogP contribution in [0.3, 0.4) is 0 Å². The first-order valence-corrected chi connectivity index (χ1v) is 19.1. The van der Waals surface area contributed by atoms with Crippen LogP contribution in [0.5, 0.6) is 5.75 Å². The summed E-state index contributed by atoms with van der Waals surface area (Å²) >= 11 is 0. The van der Waals surface area contributed by atoms with E-state index in [2.05, 4.69) is 6.92 Å². The normalized spacial score (nSPS) is 14.0. The van der Waals surface area contributed by atoms with Crippen LogP contribution < -0.4 is 9.63 Å². The quantitative estimate of drug-likeness (QED) is 0.0474. The highest BCUT2D eigenvalue weighted by atomic mass is 31.2. The average Bonchev–Trinajstić information content (AvgIpc) is 2.96. The predicted octanol–water partition coefficient (Wildman–Crippen LogP) is 9.06. The van der Waals surface area contributed by atoms with Crippen LogP contribution in [0.15, 0.2) is 24.3 Å². The molecule has 1 aromatic rings. The van der Waals surface area contributed by atoms with Crippen molar-refractivity contribution >= 4 is 13.6 Å². The van der Waals surface area contributed by atoms with Gasteiger partial charge < -0.3 is 28.0 Å². The Balaban J connectivity index is 2.28. The largest absolute Gasteiger partial charge is 0.756 e. The van der Waals surface area contributed by atoms with Gasteiger partial charge in [0.2, 0.25) is 0 Å². The van der Waals surface area contributed by atoms with Crippen molar-refractivity contribution in [2.45, 2.75) is 136 Å². The number of para-hydroxylation sites is 1. The minimum absolute atomic E-state index is 0.00485. The Bertz CT molecular complexity index is 903. The number of carbonyl (C=O) groups excluding carboxylic acids is 1. The molecule has 0 N–H and O–H groups in total.